The summed E-state index contributed by atoms with van der Waals surface area (Å²) in [6.07, 6.45) is -2.02. The Hall–Kier alpha value is -3.10. The number of hydrogen-bond acceptors (Lipinski definition) is 5. The zero-order valence-corrected chi connectivity index (χ0v) is 15.4. The molecule has 1 N–H and O–H groups in total. The molecule has 0 aliphatic carbocycles. The minimum atomic E-state index is -4.39. The third-order valence-corrected chi connectivity index (χ3v) is 5.04. The summed E-state index contributed by atoms with van der Waals surface area (Å²) < 4.78 is 43.2. The van der Waals surface area contributed by atoms with Crippen molar-refractivity contribution in [2.45, 2.75) is 31.5 Å². The number of carbonyl (C=O) groups excluding carboxylic acids is 1. The summed E-state index contributed by atoms with van der Waals surface area (Å²) in [6.45, 7) is 1.21. The smallest absolute Gasteiger partial charge is 0.356 e. The van der Waals surface area contributed by atoms with Crippen LogP contribution in [-0.2, 0) is 17.4 Å². The maximum Gasteiger partial charge on any atom is 0.417 e. The number of nitrogens with zero attached hydrogens (tertiary/aromatic N) is 3. The monoisotopic (exact) mass is 404 g/mol. The van der Waals surface area contributed by atoms with Crippen LogP contribution in [0, 0.1) is 0 Å². The highest BCUT2D eigenvalue weighted by molar-refractivity contribution is 5.86. The minimum Gasteiger partial charge on any atom is -0.356 e. The summed E-state index contributed by atoms with van der Waals surface area (Å²) in [6, 6.07) is 9.81. The van der Waals surface area contributed by atoms with E-state index in [4.69, 9.17) is 4.52 Å². The fourth-order valence-corrected chi connectivity index (χ4v) is 3.49. The SMILES string of the molecule is O=C(Cc1noc2ccccc12)NC1CCN(c2ccc(C(F)(F)F)cn2)CC1. The molecule has 0 bridgehead atoms. The highest BCUT2D eigenvalue weighted by Crippen LogP contribution is 2.29. The summed E-state index contributed by atoms with van der Waals surface area (Å²) in [7, 11) is 0. The van der Waals surface area contributed by atoms with Crippen LogP contribution in [0.3, 0.4) is 0 Å². The van der Waals surface area contributed by atoms with E-state index < -0.39 is 11.7 Å². The number of hydrogen-bond donors (Lipinski definition) is 1. The Kier molecular flexibility index (Phi) is 5.12. The molecule has 0 saturated carbocycles. The number of halogens is 3. The number of pyridine rings is 1. The van der Waals surface area contributed by atoms with Crippen molar-refractivity contribution in [1.29, 1.82) is 0 Å². The zero-order chi connectivity index (χ0) is 20.4. The van der Waals surface area contributed by atoms with E-state index in [1.165, 1.54) is 6.07 Å². The van der Waals surface area contributed by atoms with E-state index >= 15 is 0 Å². The average molecular weight is 404 g/mol. The van der Waals surface area contributed by atoms with Gasteiger partial charge in [-0.25, -0.2) is 4.98 Å². The third-order valence-electron chi connectivity index (χ3n) is 5.04. The molecule has 1 aromatic carbocycles. The molecular formula is C20H19F3N4O2. The zero-order valence-electron chi connectivity index (χ0n) is 15.4. The largest absolute Gasteiger partial charge is 0.417 e. The van der Waals surface area contributed by atoms with E-state index in [1.54, 1.807) is 6.07 Å². The maximum atomic E-state index is 12.7. The van der Waals surface area contributed by atoms with Gasteiger partial charge in [-0.2, -0.15) is 13.2 Å². The van der Waals surface area contributed by atoms with Crippen molar-refractivity contribution >= 4 is 22.7 Å². The van der Waals surface area contributed by atoms with Crippen molar-refractivity contribution in [3.63, 3.8) is 0 Å². The van der Waals surface area contributed by atoms with Crippen LogP contribution in [0.5, 0.6) is 0 Å². The van der Waals surface area contributed by atoms with E-state index in [0.29, 0.717) is 43.0 Å². The first-order chi connectivity index (χ1) is 13.9. The van der Waals surface area contributed by atoms with E-state index in [2.05, 4.69) is 15.5 Å². The Morgan fingerprint density at radius 3 is 2.62 bits per heavy atom. The second-order valence-electron chi connectivity index (χ2n) is 7.03. The highest BCUT2D eigenvalue weighted by atomic mass is 19.4. The van der Waals surface area contributed by atoms with Crippen LogP contribution >= 0.6 is 0 Å². The molecule has 1 amide bonds. The van der Waals surface area contributed by atoms with Crippen molar-refractivity contribution in [2.24, 2.45) is 0 Å². The van der Waals surface area contributed by atoms with Crippen molar-refractivity contribution < 1.29 is 22.5 Å². The van der Waals surface area contributed by atoms with Gasteiger partial charge in [-0.15, -0.1) is 0 Å². The second-order valence-corrected chi connectivity index (χ2v) is 7.03. The Morgan fingerprint density at radius 1 is 1.17 bits per heavy atom. The molecule has 1 fully saturated rings. The van der Waals surface area contributed by atoms with Gasteiger partial charge < -0.3 is 14.7 Å². The number of nitrogens with one attached hydrogen (secondary N) is 1. The minimum absolute atomic E-state index is 0.00589. The average Bonchev–Trinajstić information content (AvgIpc) is 3.11. The molecule has 152 valence electrons. The van der Waals surface area contributed by atoms with Gasteiger partial charge in [0.05, 0.1) is 12.0 Å². The first-order valence-electron chi connectivity index (χ1n) is 9.31. The van der Waals surface area contributed by atoms with Crippen LogP contribution in [0.25, 0.3) is 11.0 Å². The summed E-state index contributed by atoms with van der Waals surface area (Å²) >= 11 is 0. The van der Waals surface area contributed by atoms with Crippen molar-refractivity contribution in [3.8, 4) is 0 Å². The molecule has 29 heavy (non-hydrogen) atoms. The Labute approximate surface area is 164 Å². The van der Waals surface area contributed by atoms with Gasteiger partial charge in [0.1, 0.15) is 11.5 Å². The van der Waals surface area contributed by atoms with E-state index in [0.717, 1.165) is 17.6 Å². The van der Waals surface area contributed by atoms with E-state index in [-0.39, 0.29) is 18.4 Å². The van der Waals surface area contributed by atoms with Gasteiger partial charge in [-0.1, -0.05) is 17.3 Å². The predicted octanol–water partition coefficient (Wildman–Crippen LogP) is 3.57. The standard InChI is InChI=1S/C20H19F3N4O2/c21-20(22,23)13-5-6-18(24-12-13)27-9-7-14(8-10-27)25-19(28)11-16-15-3-1-2-4-17(15)29-26-16/h1-6,12,14H,7-11H2,(H,25,28). The molecule has 2 aromatic heterocycles. The highest BCUT2D eigenvalue weighted by Gasteiger charge is 2.31. The number of fused-ring (bicyclic) bond motifs is 1. The number of anilines is 1. The Bertz CT molecular complexity index is 993. The van der Waals surface area contributed by atoms with Crippen LogP contribution in [-0.4, -0.2) is 35.2 Å². The lowest BCUT2D eigenvalue weighted by Crippen LogP contribution is -2.45. The van der Waals surface area contributed by atoms with Crippen molar-refractivity contribution in [1.82, 2.24) is 15.5 Å². The molecule has 3 aromatic rings. The molecule has 0 spiro atoms. The summed E-state index contributed by atoms with van der Waals surface area (Å²) in [5.74, 6) is 0.381. The van der Waals surface area contributed by atoms with Crippen LogP contribution in [0.15, 0.2) is 47.1 Å². The van der Waals surface area contributed by atoms with Crippen LogP contribution in [0.1, 0.15) is 24.1 Å². The molecule has 1 aliphatic rings. The second kappa shape index (κ2) is 7.73. The fourth-order valence-electron chi connectivity index (χ4n) is 3.49. The molecule has 9 heteroatoms. The van der Waals surface area contributed by atoms with Crippen molar-refractivity contribution in [2.75, 3.05) is 18.0 Å². The first-order valence-corrected chi connectivity index (χ1v) is 9.31. The normalized spacial score (nSPS) is 15.6. The lowest BCUT2D eigenvalue weighted by Gasteiger charge is -2.33. The number of para-hydroxylation sites is 1. The summed E-state index contributed by atoms with van der Waals surface area (Å²) in [4.78, 5) is 18.2. The Morgan fingerprint density at radius 2 is 1.93 bits per heavy atom. The first kappa shape index (κ1) is 19.2. The van der Waals surface area contributed by atoms with Crippen LogP contribution in [0.4, 0.5) is 19.0 Å². The molecule has 1 saturated heterocycles. The third kappa shape index (κ3) is 4.33. The lowest BCUT2D eigenvalue weighted by atomic mass is 10.0. The van der Waals surface area contributed by atoms with E-state index in [1.807, 2.05) is 23.1 Å². The van der Waals surface area contributed by atoms with E-state index in [9.17, 15) is 18.0 Å². The quantitative estimate of drug-likeness (QED) is 0.720. The number of carbonyl (C=O) groups is 1. The maximum absolute atomic E-state index is 12.7. The predicted molar refractivity (Wildman–Crippen MR) is 100 cm³/mol. The number of benzene rings is 1. The molecule has 0 unspecified atom stereocenters. The summed E-state index contributed by atoms with van der Waals surface area (Å²) in [5, 5.41) is 7.80. The number of aromatic nitrogens is 2. The number of alkyl halides is 3. The van der Waals surface area contributed by atoms with Crippen LogP contribution in [0.2, 0.25) is 0 Å². The molecule has 0 atom stereocenters. The van der Waals surface area contributed by atoms with Crippen molar-refractivity contribution in [3.05, 3.63) is 53.9 Å². The van der Waals surface area contributed by atoms with Gasteiger partial charge in [0.2, 0.25) is 5.91 Å². The van der Waals surface area contributed by atoms with Gasteiger partial charge in [-0.05, 0) is 37.1 Å². The molecule has 6 nitrogen and oxygen atoms in total. The molecule has 3 heterocycles. The number of rotatable bonds is 4. The number of piperidine rings is 1. The van der Waals surface area contributed by atoms with Gasteiger partial charge in [0, 0.05) is 30.7 Å². The van der Waals surface area contributed by atoms with Gasteiger partial charge in [0.25, 0.3) is 0 Å². The summed E-state index contributed by atoms with van der Waals surface area (Å²) in [5.41, 5.74) is 0.487. The molecule has 0 radical (unpaired) electrons. The molecule has 1 aliphatic heterocycles. The van der Waals surface area contributed by atoms with Gasteiger partial charge >= 0.3 is 6.18 Å². The van der Waals surface area contributed by atoms with Gasteiger partial charge in [-0.3, -0.25) is 4.79 Å². The molecular weight excluding hydrogens is 385 g/mol. The number of amides is 1. The van der Waals surface area contributed by atoms with Crippen LogP contribution < -0.4 is 10.2 Å². The lowest BCUT2D eigenvalue weighted by molar-refractivity contribution is -0.137. The fraction of sp³-hybridized carbons (Fsp3) is 0.350. The Balaban J connectivity index is 1.30. The topological polar surface area (TPSA) is 71.3 Å². The molecule has 4 rings (SSSR count). The van der Waals surface area contributed by atoms with Gasteiger partial charge in [0.15, 0.2) is 5.58 Å².